The topological polar surface area (TPSA) is 12.0 Å². The molecule has 3 heteroatoms. The van der Waals surface area contributed by atoms with E-state index in [-0.39, 0.29) is 0 Å². The van der Waals surface area contributed by atoms with E-state index in [0.717, 1.165) is 10.4 Å². The molecule has 1 saturated carbocycles. The van der Waals surface area contributed by atoms with Gasteiger partial charge in [-0.15, -0.1) is 11.3 Å². The quantitative estimate of drug-likeness (QED) is 0.696. The Balaban J connectivity index is 1.88. The first-order valence-corrected chi connectivity index (χ1v) is 8.97. The summed E-state index contributed by atoms with van der Waals surface area (Å²) < 4.78 is 1.14. The van der Waals surface area contributed by atoms with Gasteiger partial charge in [-0.05, 0) is 54.8 Å². The van der Waals surface area contributed by atoms with Crippen LogP contribution in [0.15, 0.2) is 40.2 Å². The lowest BCUT2D eigenvalue weighted by molar-refractivity contribution is 0.475. The first-order valence-electron chi connectivity index (χ1n) is 7.30. The maximum Gasteiger partial charge on any atom is 0.0634 e. The number of nitrogens with one attached hydrogen (secondary N) is 1. The average Bonchev–Trinajstić information content (AvgIpc) is 3.12. The van der Waals surface area contributed by atoms with Crippen LogP contribution in [0.25, 0.3) is 0 Å². The molecule has 1 nitrogen and oxygen atoms in total. The molecule has 2 aromatic rings. The van der Waals surface area contributed by atoms with Gasteiger partial charge in [0.25, 0.3) is 0 Å². The first kappa shape index (κ1) is 14.2. The van der Waals surface area contributed by atoms with Crippen molar-refractivity contribution in [3.63, 3.8) is 0 Å². The summed E-state index contributed by atoms with van der Waals surface area (Å²) in [4.78, 5) is 1.47. The molecule has 1 aromatic heterocycles. The molecule has 20 heavy (non-hydrogen) atoms. The molecule has 1 aromatic carbocycles. The third-order valence-corrected chi connectivity index (χ3v) is 5.68. The van der Waals surface area contributed by atoms with Gasteiger partial charge in [0.05, 0.1) is 6.04 Å². The molecule has 0 radical (unpaired) electrons. The summed E-state index contributed by atoms with van der Waals surface area (Å²) in [5.74, 6) is 0.770. The normalized spacial score (nSPS) is 17.3. The summed E-state index contributed by atoms with van der Waals surface area (Å²) in [6.07, 6.45) is 5.46. The van der Waals surface area contributed by atoms with Crippen LogP contribution in [0.5, 0.6) is 0 Å². The zero-order valence-electron chi connectivity index (χ0n) is 11.7. The van der Waals surface area contributed by atoms with Gasteiger partial charge in [0.1, 0.15) is 0 Å². The zero-order valence-corrected chi connectivity index (χ0v) is 14.1. The predicted octanol–water partition coefficient (Wildman–Crippen LogP) is 6.16. The van der Waals surface area contributed by atoms with Crippen molar-refractivity contribution in [1.82, 2.24) is 0 Å². The summed E-state index contributed by atoms with van der Waals surface area (Å²) in [6.45, 7) is 2.18. The molecule has 3 rings (SSSR count). The van der Waals surface area contributed by atoms with E-state index in [2.05, 4.69) is 63.9 Å². The second kappa shape index (κ2) is 6.31. The SMILES string of the molecule is Cc1ccc(Br)cc1NC(c1cccs1)C1CCCC1. The van der Waals surface area contributed by atoms with Crippen molar-refractivity contribution in [3.05, 3.63) is 50.6 Å². The van der Waals surface area contributed by atoms with Crippen LogP contribution >= 0.6 is 27.3 Å². The number of hydrogen-bond acceptors (Lipinski definition) is 2. The van der Waals surface area contributed by atoms with Crippen LogP contribution in [0.1, 0.15) is 42.2 Å². The molecule has 1 aliphatic rings. The van der Waals surface area contributed by atoms with Gasteiger partial charge >= 0.3 is 0 Å². The highest BCUT2D eigenvalue weighted by molar-refractivity contribution is 9.10. The van der Waals surface area contributed by atoms with Crippen LogP contribution in [0.4, 0.5) is 5.69 Å². The smallest absolute Gasteiger partial charge is 0.0634 e. The molecule has 0 aliphatic heterocycles. The van der Waals surface area contributed by atoms with E-state index in [4.69, 9.17) is 0 Å². The summed E-state index contributed by atoms with van der Waals surface area (Å²) in [5.41, 5.74) is 2.57. The molecule has 1 fully saturated rings. The monoisotopic (exact) mass is 349 g/mol. The van der Waals surface area contributed by atoms with Crippen molar-refractivity contribution in [3.8, 4) is 0 Å². The Bertz CT molecular complexity index is 558. The van der Waals surface area contributed by atoms with Gasteiger partial charge in [-0.1, -0.05) is 40.9 Å². The Hall–Kier alpha value is -0.800. The highest BCUT2D eigenvalue weighted by Crippen LogP contribution is 2.40. The Morgan fingerprint density at radius 1 is 1.25 bits per heavy atom. The molecule has 0 amide bonds. The molecule has 106 valence electrons. The van der Waals surface area contributed by atoms with Crippen molar-refractivity contribution in [1.29, 1.82) is 0 Å². The predicted molar refractivity (Wildman–Crippen MR) is 91.5 cm³/mol. The third kappa shape index (κ3) is 3.09. The molecule has 0 saturated heterocycles. The van der Waals surface area contributed by atoms with Gasteiger partial charge < -0.3 is 5.32 Å². The lowest BCUT2D eigenvalue weighted by atomic mass is 9.96. The van der Waals surface area contributed by atoms with Crippen molar-refractivity contribution < 1.29 is 0 Å². The number of halogens is 1. The van der Waals surface area contributed by atoms with Crippen LogP contribution in [-0.4, -0.2) is 0 Å². The van der Waals surface area contributed by atoms with Crippen LogP contribution < -0.4 is 5.32 Å². The van der Waals surface area contributed by atoms with Gasteiger partial charge in [0, 0.05) is 15.0 Å². The number of aryl methyl sites for hydroxylation is 1. The maximum atomic E-state index is 3.81. The van der Waals surface area contributed by atoms with Gasteiger partial charge in [-0.25, -0.2) is 0 Å². The number of anilines is 1. The summed E-state index contributed by atoms with van der Waals surface area (Å²) >= 11 is 5.45. The molecule has 1 aliphatic carbocycles. The van der Waals surface area contributed by atoms with Crippen molar-refractivity contribution in [2.45, 2.75) is 38.6 Å². The van der Waals surface area contributed by atoms with E-state index < -0.39 is 0 Å². The highest BCUT2D eigenvalue weighted by Gasteiger charge is 2.27. The molecular weight excluding hydrogens is 330 g/mol. The first-order chi connectivity index (χ1) is 9.74. The molecule has 1 atom stereocenters. The fraction of sp³-hybridized carbons (Fsp3) is 0.412. The molecule has 1 unspecified atom stereocenters. The zero-order chi connectivity index (χ0) is 13.9. The Kier molecular flexibility index (Phi) is 4.47. The second-order valence-electron chi connectivity index (χ2n) is 5.64. The van der Waals surface area contributed by atoms with E-state index in [1.807, 2.05) is 11.3 Å². The summed E-state index contributed by atoms with van der Waals surface area (Å²) in [6, 6.07) is 11.4. The Morgan fingerprint density at radius 2 is 2.05 bits per heavy atom. The minimum Gasteiger partial charge on any atom is -0.377 e. The minimum absolute atomic E-state index is 0.463. The van der Waals surface area contributed by atoms with E-state index in [0.29, 0.717) is 6.04 Å². The summed E-state index contributed by atoms with van der Waals surface area (Å²) in [5, 5.41) is 6.00. The van der Waals surface area contributed by atoms with E-state index >= 15 is 0 Å². The van der Waals surface area contributed by atoms with Crippen molar-refractivity contribution >= 4 is 33.0 Å². The van der Waals surface area contributed by atoms with Crippen LogP contribution in [-0.2, 0) is 0 Å². The minimum atomic E-state index is 0.463. The number of thiophene rings is 1. The van der Waals surface area contributed by atoms with Gasteiger partial charge in [0.15, 0.2) is 0 Å². The molecule has 1 N–H and O–H groups in total. The van der Waals surface area contributed by atoms with Gasteiger partial charge in [-0.2, -0.15) is 0 Å². The second-order valence-corrected chi connectivity index (χ2v) is 7.54. The fourth-order valence-corrected chi connectivity index (χ4v) is 4.33. The number of benzene rings is 1. The largest absolute Gasteiger partial charge is 0.377 e. The van der Waals surface area contributed by atoms with E-state index in [9.17, 15) is 0 Å². The van der Waals surface area contributed by atoms with Gasteiger partial charge in [-0.3, -0.25) is 0 Å². The number of rotatable bonds is 4. The van der Waals surface area contributed by atoms with Crippen molar-refractivity contribution in [2.75, 3.05) is 5.32 Å². The standard InChI is InChI=1S/C17H20BrNS/c1-12-8-9-14(18)11-15(12)19-17(13-5-2-3-6-13)16-7-4-10-20-16/h4,7-11,13,17,19H,2-3,5-6H2,1H3. The van der Waals surface area contributed by atoms with E-state index in [1.54, 1.807) is 0 Å². The van der Waals surface area contributed by atoms with E-state index in [1.165, 1.54) is 41.8 Å². The number of hydrogen-bond donors (Lipinski definition) is 1. The lowest BCUT2D eigenvalue weighted by Crippen LogP contribution is -2.18. The fourth-order valence-electron chi connectivity index (χ4n) is 3.10. The van der Waals surface area contributed by atoms with Crippen LogP contribution in [0, 0.1) is 12.8 Å². The molecule has 0 spiro atoms. The molecular formula is C17H20BrNS. The van der Waals surface area contributed by atoms with Crippen LogP contribution in [0.2, 0.25) is 0 Å². The third-order valence-electron chi connectivity index (χ3n) is 4.23. The van der Waals surface area contributed by atoms with Crippen LogP contribution in [0.3, 0.4) is 0 Å². The average molecular weight is 350 g/mol. The Labute approximate surface area is 133 Å². The van der Waals surface area contributed by atoms with Crippen molar-refractivity contribution in [2.24, 2.45) is 5.92 Å². The summed E-state index contributed by atoms with van der Waals surface area (Å²) in [7, 11) is 0. The van der Waals surface area contributed by atoms with Gasteiger partial charge in [0.2, 0.25) is 0 Å². The maximum absolute atomic E-state index is 3.81. The molecule has 1 heterocycles. The lowest BCUT2D eigenvalue weighted by Gasteiger charge is -2.26. The Morgan fingerprint density at radius 3 is 2.75 bits per heavy atom. The molecule has 0 bridgehead atoms. The highest BCUT2D eigenvalue weighted by atomic mass is 79.9.